The number of hydrogen-bond acceptors (Lipinski definition) is 1. The summed E-state index contributed by atoms with van der Waals surface area (Å²) >= 11 is 0. The SMILES string of the molecule is Fc1ccc(-c2ncn(C3CCCCCC3)c2-c2cc[nH]c2)cc1. The quantitative estimate of drug-likeness (QED) is 0.627. The highest BCUT2D eigenvalue weighted by atomic mass is 19.1. The number of aromatic nitrogens is 3. The Morgan fingerprint density at radius 1 is 0.958 bits per heavy atom. The van der Waals surface area contributed by atoms with Gasteiger partial charge in [0.05, 0.1) is 17.7 Å². The highest BCUT2D eigenvalue weighted by Crippen LogP contribution is 2.37. The number of aromatic amines is 1. The molecule has 0 saturated heterocycles. The van der Waals surface area contributed by atoms with Crippen LogP contribution in [0.1, 0.15) is 44.6 Å². The first kappa shape index (κ1) is 15.2. The molecule has 3 aromatic rings. The van der Waals surface area contributed by atoms with Crippen molar-refractivity contribution in [2.75, 3.05) is 0 Å². The van der Waals surface area contributed by atoms with E-state index >= 15 is 0 Å². The molecule has 1 aliphatic rings. The zero-order chi connectivity index (χ0) is 16.4. The van der Waals surface area contributed by atoms with Gasteiger partial charge in [-0.3, -0.25) is 0 Å². The highest BCUT2D eigenvalue weighted by Gasteiger charge is 2.21. The maximum atomic E-state index is 13.3. The molecule has 1 fully saturated rings. The van der Waals surface area contributed by atoms with Crippen molar-refractivity contribution in [2.24, 2.45) is 0 Å². The van der Waals surface area contributed by atoms with Gasteiger partial charge < -0.3 is 9.55 Å². The predicted molar refractivity (Wildman–Crippen MR) is 94.1 cm³/mol. The van der Waals surface area contributed by atoms with E-state index in [1.54, 1.807) is 0 Å². The first-order valence-corrected chi connectivity index (χ1v) is 8.79. The first-order valence-electron chi connectivity index (χ1n) is 8.79. The van der Waals surface area contributed by atoms with Gasteiger partial charge in [-0.2, -0.15) is 0 Å². The van der Waals surface area contributed by atoms with Crippen LogP contribution in [-0.4, -0.2) is 14.5 Å². The number of imidazole rings is 1. The predicted octanol–water partition coefficient (Wildman–Crippen LogP) is 5.58. The van der Waals surface area contributed by atoms with E-state index in [0.717, 1.165) is 22.5 Å². The third-order valence-electron chi connectivity index (χ3n) is 5.00. The van der Waals surface area contributed by atoms with Crippen LogP contribution in [0.2, 0.25) is 0 Å². The molecule has 0 spiro atoms. The molecule has 0 atom stereocenters. The fourth-order valence-electron chi connectivity index (χ4n) is 3.75. The number of H-pyrrole nitrogens is 1. The smallest absolute Gasteiger partial charge is 0.123 e. The molecule has 4 rings (SSSR count). The van der Waals surface area contributed by atoms with Crippen molar-refractivity contribution in [2.45, 2.75) is 44.6 Å². The third-order valence-corrected chi connectivity index (χ3v) is 5.00. The van der Waals surface area contributed by atoms with Crippen molar-refractivity contribution >= 4 is 0 Å². The number of hydrogen-bond donors (Lipinski definition) is 1. The Bertz CT molecular complexity index is 779. The summed E-state index contributed by atoms with van der Waals surface area (Å²) in [5.74, 6) is -0.217. The zero-order valence-corrected chi connectivity index (χ0v) is 13.7. The molecule has 0 aliphatic heterocycles. The van der Waals surface area contributed by atoms with Crippen molar-refractivity contribution in [1.82, 2.24) is 14.5 Å². The molecular weight excluding hydrogens is 301 g/mol. The normalized spacial score (nSPS) is 16.2. The van der Waals surface area contributed by atoms with E-state index < -0.39 is 0 Å². The lowest BCUT2D eigenvalue weighted by Crippen LogP contribution is -2.08. The van der Waals surface area contributed by atoms with E-state index in [0.29, 0.717) is 6.04 Å². The Kier molecular flexibility index (Phi) is 4.20. The monoisotopic (exact) mass is 323 g/mol. The second-order valence-electron chi connectivity index (χ2n) is 6.60. The van der Waals surface area contributed by atoms with Crippen molar-refractivity contribution in [3.05, 3.63) is 54.9 Å². The van der Waals surface area contributed by atoms with Gasteiger partial charge in [0.25, 0.3) is 0 Å². The summed E-state index contributed by atoms with van der Waals surface area (Å²) in [6, 6.07) is 9.20. The lowest BCUT2D eigenvalue weighted by atomic mass is 10.0. The van der Waals surface area contributed by atoms with E-state index in [1.165, 1.54) is 50.7 Å². The van der Waals surface area contributed by atoms with Crippen LogP contribution in [-0.2, 0) is 0 Å². The zero-order valence-electron chi connectivity index (χ0n) is 13.7. The van der Waals surface area contributed by atoms with Gasteiger partial charge in [-0.15, -0.1) is 0 Å². The lowest BCUT2D eigenvalue weighted by Gasteiger charge is -2.19. The van der Waals surface area contributed by atoms with Gasteiger partial charge in [-0.05, 0) is 43.2 Å². The largest absolute Gasteiger partial charge is 0.367 e. The summed E-state index contributed by atoms with van der Waals surface area (Å²) in [5, 5.41) is 0. The van der Waals surface area contributed by atoms with Crippen molar-refractivity contribution in [3.8, 4) is 22.5 Å². The van der Waals surface area contributed by atoms with Crippen molar-refractivity contribution < 1.29 is 4.39 Å². The third kappa shape index (κ3) is 2.88. The topological polar surface area (TPSA) is 33.6 Å². The Hall–Kier alpha value is -2.36. The molecule has 1 N–H and O–H groups in total. The number of nitrogens with zero attached hydrogens (tertiary/aromatic N) is 2. The molecule has 124 valence electrons. The minimum absolute atomic E-state index is 0.217. The average Bonchev–Trinajstić information content (AvgIpc) is 3.19. The Balaban J connectivity index is 1.81. The molecule has 0 amide bonds. The van der Waals surface area contributed by atoms with Gasteiger partial charge in [0.2, 0.25) is 0 Å². The molecule has 0 radical (unpaired) electrons. The standard InChI is InChI=1S/C20H22FN3/c21-17-9-7-15(8-10-17)19-20(16-11-12-22-13-16)24(14-23-19)18-5-3-1-2-4-6-18/h7-14,18,22H,1-6H2. The van der Waals surface area contributed by atoms with Crippen LogP contribution in [0.4, 0.5) is 4.39 Å². The van der Waals surface area contributed by atoms with Gasteiger partial charge in [-0.25, -0.2) is 9.37 Å². The number of rotatable bonds is 3. The van der Waals surface area contributed by atoms with Crippen LogP contribution in [0.3, 0.4) is 0 Å². The van der Waals surface area contributed by atoms with Crippen LogP contribution < -0.4 is 0 Å². The molecule has 2 heterocycles. The highest BCUT2D eigenvalue weighted by molar-refractivity contribution is 5.78. The summed E-state index contributed by atoms with van der Waals surface area (Å²) in [6.07, 6.45) is 13.5. The maximum Gasteiger partial charge on any atom is 0.123 e. The van der Waals surface area contributed by atoms with Gasteiger partial charge in [0, 0.05) is 29.6 Å². The van der Waals surface area contributed by atoms with Gasteiger partial charge in [0.1, 0.15) is 5.82 Å². The summed E-state index contributed by atoms with van der Waals surface area (Å²) in [7, 11) is 0. The van der Waals surface area contributed by atoms with Crippen LogP contribution in [0.5, 0.6) is 0 Å². The molecule has 2 aromatic heterocycles. The Labute approximate surface area is 141 Å². The molecule has 1 saturated carbocycles. The fraction of sp³-hybridized carbons (Fsp3) is 0.350. The lowest BCUT2D eigenvalue weighted by molar-refractivity contribution is 0.447. The molecular formula is C20H22FN3. The van der Waals surface area contributed by atoms with Gasteiger partial charge >= 0.3 is 0 Å². The summed E-state index contributed by atoms with van der Waals surface area (Å²) < 4.78 is 15.6. The van der Waals surface area contributed by atoms with E-state index in [1.807, 2.05) is 30.9 Å². The van der Waals surface area contributed by atoms with Crippen LogP contribution >= 0.6 is 0 Å². The minimum atomic E-state index is -0.217. The Morgan fingerprint density at radius 3 is 2.38 bits per heavy atom. The van der Waals surface area contributed by atoms with E-state index in [2.05, 4.69) is 15.6 Å². The van der Waals surface area contributed by atoms with E-state index in [-0.39, 0.29) is 5.82 Å². The van der Waals surface area contributed by atoms with E-state index in [9.17, 15) is 4.39 Å². The molecule has 3 nitrogen and oxygen atoms in total. The minimum Gasteiger partial charge on any atom is -0.367 e. The first-order chi connectivity index (χ1) is 11.8. The Morgan fingerprint density at radius 2 is 1.71 bits per heavy atom. The van der Waals surface area contributed by atoms with Crippen LogP contribution in [0.15, 0.2) is 49.1 Å². The van der Waals surface area contributed by atoms with Gasteiger partial charge in [-0.1, -0.05) is 25.7 Å². The van der Waals surface area contributed by atoms with Crippen molar-refractivity contribution in [1.29, 1.82) is 0 Å². The molecule has 4 heteroatoms. The van der Waals surface area contributed by atoms with Gasteiger partial charge in [0.15, 0.2) is 0 Å². The molecule has 24 heavy (non-hydrogen) atoms. The average molecular weight is 323 g/mol. The molecule has 0 bridgehead atoms. The molecule has 1 aliphatic carbocycles. The summed E-state index contributed by atoms with van der Waals surface area (Å²) in [4.78, 5) is 7.85. The summed E-state index contributed by atoms with van der Waals surface area (Å²) in [5.41, 5.74) is 4.16. The molecule has 0 unspecified atom stereocenters. The van der Waals surface area contributed by atoms with Crippen molar-refractivity contribution in [3.63, 3.8) is 0 Å². The van der Waals surface area contributed by atoms with E-state index in [4.69, 9.17) is 4.98 Å². The number of benzene rings is 1. The second kappa shape index (κ2) is 6.63. The molecule has 1 aromatic carbocycles. The fourth-order valence-corrected chi connectivity index (χ4v) is 3.75. The second-order valence-corrected chi connectivity index (χ2v) is 6.60. The van der Waals surface area contributed by atoms with Crippen LogP contribution in [0.25, 0.3) is 22.5 Å². The maximum absolute atomic E-state index is 13.3. The summed E-state index contributed by atoms with van der Waals surface area (Å²) in [6.45, 7) is 0. The number of nitrogens with one attached hydrogen (secondary N) is 1. The van der Waals surface area contributed by atoms with Crippen LogP contribution in [0, 0.1) is 5.82 Å². The number of halogens is 1.